The van der Waals surface area contributed by atoms with Crippen LogP contribution in [-0.2, 0) is 59.0 Å². The minimum atomic E-state index is -4.28. The average Bonchev–Trinajstić information content (AvgIpc) is 3.06. The van der Waals surface area contributed by atoms with Gasteiger partial charge in [-0.3, -0.25) is 0 Å². The number of hydrogen-bond acceptors (Lipinski definition) is 12. The Morgan fingerprint density at radius 2 is 0.370 bits per heavy atom. The second-order valence-corrected chi connectivity index (χ2v) is 25.9. The lowest BCUT2D eigenvalue weighted by Gasteiger charge is -2.20. The molecule has 0 heterocycles. The van der Waals surface area contributed by atoms with Gasteiger partial charge in [-0.2, -0.15) is 0 Å². The standard InChI is InChI=1S/C36H48O12S6/c1-7-13-49(37,38)31-19-25-26(20-32(31)50(39,40)14-8-2)28-22-34(52(43,44)16-10-4)36(54(47,48)18-12-6)24-30(28)29-23-35(53(45,46)17-11-5)33(21-27(25)29)51(41,42)15-9-3/h19-24H,7-18H2,1-6H3. The van der Waals surface area contributed by atoms with Gasteiger partial charge in [-0.05, 0) is 107 Å². The van der Waals surface area contributed by atoms with E-state index < -0.39 is 123 Å². The molecule has 4 rings (SSSR count). The molecule has 12 nitrogen and oxygen atoms in total. The smallest absolute Gasteiger partial charge is 0.179 e. The summed E-state index contributed by atoms with van der Waals surface area (Å²) in [7, 11) is -25.7. The molecule has 0 amide bonds. The lowest BCUT2D eigenvalue weighted by atomic mass is 9.94. The molecule has 0 atom stereocenters. The Bertz CT molecular complexity index is 2270. The Kier molecular flexibility index (Phi) is 13.1. The summed E-state index contributed by atoms with van der Waals surface area (Å²) < 4.78 is 166. The predicted octanol–water partition coefficient (Wildman–Crippen LogP) is 6.25. The largest absolute Gasteiger partial charge is 0.224 e. The number of sulfone groups is 6. The maximum atomic E-state index is 13.8. The first-order chi connectivity index (χ1) is 25.0. The zero-order valence-corrected chi connectivity index (χ0v) is 36.2. The van der Waals surface area contributed by atoms with Gasteiger partial charge in [-0.15, -0.1) is 0 Å². The van der Waals surface area contributed by atoms with Crippen LogP contribution in [0.4, 0.5) is 0 Å². The summed E-state index contributed by atoms with van der Waals surface area (Å²) in [4.78, 5) is -3.21. The second kappa shape index (κ2) is 16.1. The molecule has 4 aromatic carbocycles. The van der Waals surface area contributed by atoms with E-state index in [1.54, 1.807) is 41.5 Å². The highest BCUT2D eigenvalue weighted by molar-refractivity contribution is 7.95. The molecular weight excluding hydrogens is 817 g/mol. The summed E-state index contributed by atoms with van der Waals surface area (Å²) >= 11 is 0. The van der Waals surface area contributed by atoms with E-state index in [1.807, 2.05) is 0 Å². The monoisotopic (exact) mass is 864 g/mol. The van der Waals surface area contributed by atoms with Crippen LogP contribution in [0, 0.1) is 0 Å². The molecule has 0 radical (unpaired) electrons. The molecule has 0 saturated carbocycles. The van der Waals surface area contributed by atoms with E-state index in [2.05, 4.69) is 0 Å². The van der Waals surface area contributed by atoms with Crippen molar-refractivity contribution in [1.29, 1.82) is 0 Å². The second-order valence-electron chi connectivity index (χ2n) is 13.4. The fourth-order valence-electron chi connectivity index (χ4n) is 6.75. The summed E-state index contributed by atoms with van der Waals surface area (Å²) in [6, 6.07) is 6.77. The van der Waals surface area contributed by atoms with Crippen molar-refractivity contribution in [2.24, 2.45) is 0 Å². The first kappa shape index (κ1) is 44.1. The van der Waals surface area contributed by atoms with Crippen LogP contribution in [0.1, 0.15) is 80.1 Å². The number of rotatable bonds is 18. The van der Waals surface area contributed by atoms with E-state index >= 15 is 0 Å². The van der Waals surface area contributed by atoms with Crippen molar-refractivity contribution in [2.75, 3.05) is 34.5 Å². The highest BCUT2D eigenvalue weighted by atomic mass is 32.2. The molecular formula is C36H48O12S6. The number of benzene rings is 4. The van der Waals surface area contributed by atoms with Crippen molar-refractivity contribution in [3.8, 4) is 0 Å². The molecule has 0 aliphatic carbocycles. The van der Waals surface area contributed by atoms with Crippen LogP contribution >= 0.6 is 0 Å². The van der Waals surface area contributed by atoms with Gasteiger partial charge in [0.05, 0.1) is 63.9 Å². The Balaban J connectivity index is 2.55. The lowest BCUT2D eigenvalue weighted by Crippen LogP contribution is -2.16. The molecule has 54 heavy (non-hydrogen) atoms. The minimum Gasteiger partial charge on any atom is -0.224 e. The molecule has 0 unspecified atom stereocenters. The van der Waals surface area contributed by atoms with Crippen molar-refractivity contribution < 1.29 is 50.5 Å². The van der Waals surface area contributed by atoms with Gasteiger partial charge in [0.25, 0.3) is 0 Å². The Labute approximate surface area is 320 Å². The van der Waals surface area contributed by atoms with Crippen LogP contribution < -0.4 is 0 Å². The van der Waals surface area contributed by atoms with E-state index in [-0.39, 0.29) is 70.8 Å². The van der Waals surface area contributed by atoms with Gasteiger partial charge < -0.3 is 0 Å². The third-order valence-electron chi connectivity index (χ3n) is 8.97. The lowest BCUT2D eigenvalue weighted by molar-refractivity contribution is 0.581. The van der Waals surface area contributed by atoms with Crippen LogP contribution in [0.2, 0.25) is 0 Å². The van der Waals surface area contributed by atoms with Crippen molar-refractivity contribution in [1.82, 2.24) is 0 Å². The van der Waals surface area contributed by atoms with E-state index in [4.69, 9.17) is 0 Å². The molecule has 0 N–H and O–H groups in total. The molecule has 0 spiro atoms. The van der Waals surface area contributed by atoms with Gasteiger partial charge in [-0.1, -0.05) is 41.5 Å². The zero-order valence-electron chi connectivity index (χ0n) is 31.3. The molecule has 18 heteroatoms. The van der Waals surface area contributed by atoms with Crippen LogP contribution in [-0.4, -0.2) is 85.0 Å². The Morgan fingerprint density at radius 3 is 0.463 bits per heavy atom. The van der Waals surface area contributed by atoms with Crippen molar-refractivity contribution >= 4 is 91.3 Å². The van der Waals surface area contributed by atoms with Crippen molar-refractivity contribution in [2.45, 2.75) is 109 Å². The number of fused-ring (bicyclic) bond motifs is 6. The summed E-state index contributed by atoms with van der Waals surface area (Å²) in [5.41, 5.74) is 0. The van der Waals surface area contributed by atoms with E-state index in [9.17, 15) is 50.5 Å². The molecule has 0 aromatic heterocycles. The fourth-order valence-corrected chi connectivity index (χ4v) is 17.6. The van der Waals surface area contributed by atoms with E-state index in [0.29, 0.717) is 0 Å². The first-order valence-electron chi connectivity index (χ1n) is 17.9. The van der Waals surface area contributed by atoms with Crippen molar-refractivity contribution in [3.05, 3.63) is 36.4 Å². The van der Waals surface area contributed by atoms with Crippen LogP contribution in [0.3, 0.4) is 0 Å². The third kappa shape index (κ3) is 8.38. The number of hydrogen-bond donors (Lipinski definition) is 0. The molecule has 300 valence electrons. The summed E-state index contributed by atoms with van der Waals surface area (Å²) in [6.45, 7) is 9.63. The van der Waals surface area contributed by atoms with E-state index in [0.717, 1.165) is 36.4 Å². The minimum absolute atomic E-state index is 0.0121. The fraction of sp³-hybridized carbons (Fsp3) is 0.500. The van der Waals surface area contributed by atoms with Crippen molar-refractivity contribution in [3.63, 3.8) is 0 Å². The van der Waals surface area contributed by atoms with Crippen LogP contribution in [0.5, 0.6) is 0 Å². The van der Waals surface area contributed by atoms with Crippen LogP contribution in [0.25, 0.3) is 32.3 Å². The SMILES string of the molecule is CCCS(=O)(=O)c1cc2c3cc(S(=O)(=O)CCC)c(S(=O)(=O)CCC)cc3c3cc(S(=O)(=O)CCC)c(S(=O)(=O)CCC)cc3c2cc1S(=O)(=O)CCC. The topological polar surface area (TPSA) is 205 Å². The molecule has 0 bridgehead atoms. The maximum Gasteiger partial charge on any atom is 0.179 e. The van der Waals surface area contributed by atoms with Gasteiger partial charge >= 0.3 is 0 Å². The van der Waals surface area contributed by atoms with Gasteiger partial charge in [0.1, 0.15) is 0 Å². The Morgan fingerprint density at radius 1 is 0.259 bits per heavy atom. The third-order valence-corrected chi connectivity index (χ3v) is 21.1. The first-order valence-corrected chi connectivity index (χ1v) is 27.8. The summed E-state index contributed by atoms with van der Waals surface area (Å²) in [5.74, 6) is -2.55. The predicted molar refractivity (Wildman–Crippen MR) is 213 cm³/mol. The van der Waals surface area contributed by atoms with Gasteiger partial charge in [0.2, 0.25) is 0 Å². The molecule has 0 saturated heterocycles. The maximum absolute atomic E-state index is 13.8. The highest BCUT2D eigenvalue weighted by Crippen LogP contribution is 2.44. The zero-order chi connectivity index (χ0) is 40.7. The molecule has 0 aliphatic rings. The van der Waals surface area contributed by atoms with E-state index in [1.165, 1.54) is 0 Å². The van der Waals surface area contributed by atoms with Crippen LogP contribution in [0.15, 0.2) is 65.8 Å². The quantitative estimate of drug-likeness (QED) is 0.102. The molecule has 0 aliphatic heterocycles. The van der Waals surface area contributed by atoms with Gasteiger partial charge in [0, 0.05) is 0 Å². The average molecular weight is 865 g/mol. The van der Waals surface area contributed by atoms with Gasteiger partial charge in [-0.25, -0.2) is 50.5 Å². The summed E-state index contributed by atoms with van der Waals surface area (Å²) in [6.07, 6.45) is 0.820. The molecule has 0 fully saturated rings. The highest BCUT2D eigenvalue weighted by Gasteiger charge is 2.33. The Hall–Kier alpha value is -2.64. The van der Waals surface area contributed by atoms with Gasteiger partial charge in [0.15, 0.2) is 59.0 Å². The summed E-state index contributed by atoms with van der Waals surface area (Å²) in [5, 5.41) is 0.0723. The molecule has 4 aromatic rings. The normalized spacial score (nSPS) is 13.7.